The maximum atomic E-state index is 12.6. The number of rotatable bonds is 5. The van der Waals surface area contributed by atoms with Crippen LogP contribution in [0, 0.1) is 5.92 Å². The molecule has 2 atom stereocenters. The van der Waals surface area contributed by atoms with Gasteiger partial charge >= 0.3 is 12.2 Å². The standard InChI is InChI=1S/C14H20F3N3O3/c1-4-8(2)13(3,23)7-19-12(22)20-10-5-9(14(15,16)17)6-18-11(10)21/h5-6,8,23H,4,7H2,1-3H3,(H,18,21)(H2,19,20,22). The molecule has 0 saturated heterocycles. The summed E-state index contributed by atoms with van der Waals surface area (Å²) in [7, 11) is 0. The van der Waals surface area contributed by atoms with Gasteiger partial charge in [-0.2, -0.15) is 13.2 Å². The smallest absolute Gasteiger partial charge is 0.388 e. The Balaban J connectivity index is 2.77. The molecule has 130 valence electrons. The highest BCUT2D eigenvalue weighted by Crippen LogP contribution is 2.29. The van der Waals surface area contributed by atoms with Crippen molar-refractivity contribution in [1.29, 1.82) is 0 Å². The Labute approximate surface area is 131 Å². The second-order valence-electron chi connectivity index (χ2n) is 5.60. The monoisotopic (exact) mass is 335 g/mol. The molecule has 9 heteroatoms. The van der Waals surface area contributed by atoms with E-state index in [-0.39, 0.29) is 12.5 Å². The quantitative estimate of drug-likeness (QED) is 0.665. The third-order valence-corrected chi connectivity index (χ3v) is 3.76. The van der Waals surface area contributed by atoms with Gasteiger partial charge < -0.3 is 20.7 Å². The Morgan fingerprint density at radius 1 is 1.43 bits per heavy atom. The zero-order chi connectivity index (χ0) is 17.8. The predicted octanol–water partition coefficient (Wildman–Crippen LogP) is 2.31. The van der Waals surface area contributed by atoms with Gasteiger partial charge in [0.1, 0.15) is 5.69 Å². The first kappa shape index (κ1) is 19.0. The van der Waals surface area contributed by atoms with Gasteiger partial charge in [0.15, 0.2) is 0 Å². The molecule has 0 spiro atoms. The number of carbonyl (C=O) groups excluding carboxylic acids is 1. The van der Waals surface area contributed by atoms with Crippen LogP contribution in [0.4, 0.5) is 23.7 Å². The molecule has 0 saturated carbocycles. The molecular formula is C14H20F3N3O3. The lowest BCUT2D eigenvalue weighted by Gasteiger charge is -2.29. The summed E-state index contributed by atoms with van der Waals surface area (Å²) >= 11 is 0. The van der Waals surface area contributed by atoms with Crippen LogP contribution in [0.1, 0.15) is 32.8 Å². The van der Waals surface area contributed by atoms with Gasteiger partial charge in [-0.15, -0.1) is 0 Å². The molecule has 1 rings (SSSR count). The number of amides is 2. The van der Waals surface area contributed by atoms with E-state index in [0.717, 1.165) is 0 Å². The molecule has 0 aliphatic heterocycles. The van der Waals surface area contributed by atoms with Crippen molar-refractivity contribution in [2.75, 3.05) is 11.9 Å². The van der Waals surface area contributed by atoms with Crippen molar-refractivity contribution in [3.63, 3.8) is 0 Å². The molecule has 1 heterocycles. The number of aliphatic hydroxyl groups is 1. The molecule has 0 bridgehead atoms. The van der Waals surface area contributed by atoms with E-state index in [1.807, 2.05) is 17.2 Å². The average Bonchev–Trinajstić information content (AvgIpc) is 2.45. The molecule has 2 unspecified atom stereocenters. The summed E-state index contributed by atoms with van der Waals surface area (Å²) in [6.07, 6.45) is -3.43. The Kier molecular flexibility index (Phi) is 5.81. The minimum atomic E-state index is -4.64. The van der Waals surface area contributed by atoms with Crippen molar-refractivity contribution in [1.82, 2.24) is 10.3 Å². The topological polar surface area (TPSA) is 94.2 Å². The maximum Gasteiger partial charge on any atom is 0.417 e. The van der Waals surface area contributed by atoms with Gasteiger partial charge in [0.05, 0.1) is 11.2 Å². The number of halogens is 3. The van der Waals surface area contributed by atoms with E-state index in [1.165, 1.54) is 0 Å². The van der Waals surface area contributed by atoms with E-state index in [4.69, 9.17) is 0 Å². The SMILES string of the molecule is CCC(C)C(C)(O)CNC(=O)Nc1cc(C(F)(F)F)c[nH]c1=O. The first-order valence-electron chi connectivity index (χ1n) is 7.04. The second-order valence-corrected chi connectivity index (χ2v) is 5.60. The van der Waals surface area contributed by atoms with Crippen molar-refractivity contribution < 1.29 is 23.1 Å². The molecule has 0 aliphatic rings. The normalized spacial score (nSPS) is 15.6. The molecular weight excluding hydrogens is 315 g/mol. The van der Waals surface area contributed by atoms with E-state index < -0.39 is 34.6 Å². The van der Waals surface area contributed by atoms with Crippen LogP contribution in [-0.4, -0.2) is 28.3 Å². The van der Waals surface area contributed by atoms with Gasteiger partial charge in [-0.25, -0.2) is 4.79 Å². The highest BCUT2D eigenvalue weighted by Gasteiger charge is 2.32. The first-order chi connectivity index (χ1) is 10.5. The summed E-state index contributed by atoms with van der Waals surface area (Å²) < 4.78 is 37.8. The molecule has 0 aromatic carbocycles. The molecule has 23 heavy (non-hydrogen) atoms. The van der Waals surface area contributed by atoms with Gasteiger partial charge in [-0.1, -0.05) is 20.3 Å². The number of H-pyrrole nitrogens is 1. The van der Waals surface area contributed by atoms with Crippen molar-refractivity contribution in [3.8, 4) is 0 Å². The first-order valence-corrected chi connectivity index (χ1v) is 7.04. The summed E-state index contributed by atoms with van der Waals surface area (Å²) in [4.78, 5) is 25.1. The third-order valence-electron chi connectivity index (χ3n) is 3.76. The third kappa shape index (κ3) is 5.27. The highest BCUT2D eigenvalue weighted by atomic mass is 19.4. The minimum absolute atomic E-state index is 0.0974. The number of hydrogen-bond donors (Lipinski definition) is 4. The van der Waals surface area contributed by atoms with Crippen molar-refractivity contribution >= 4 is 11.7 Å². The van der Waals surface area contributed by atoms with Crippen LogP contribution in [0.15, 0.2) is 17.1 Å². The van der Waals surface area contributed by atoms with Gasteiger partial charge in [0.25, 0.3) is 5.56 Å². The van der Waals surface area contributed by atoms with Crippen LogP contribution in [0.25, 0.3) is 0 Å². The molecule has 1 aromatic heterocycles. The second kappa shape index (κ2) is 7.03. The van der Waals surface area contributed by atoms with E-state index in [1.54, 1.807) is 13.8 Å². The number of carbonyl (C=O) groups is 1. The summed E-state index contributed by atoms with van der Waals surface area (Å²) in [6.45, 7) is 5.11. The number of hydrogen-bond acceptors (Lipinski definition) is 3. The Morgan fingerprint density at radius 2 is 2.04 bits per heavy atom. The number of alkyl halides is 3. The zero-order valence-electron chi connectivity index (χ0n) is 13.0. The molecule has 0 radical (unpaired) electrons. The zero-order valence-corrected chi connectivity index (χ0v) is 13.0. The summed E-state index contributed by atoms with van der Waals surface area (Å²) in [6, 6.07) is -0.330. The number of aromatic nitrogens is 1. The minimum Gasteiger partial charge on any atom is -0.388 e. The van der Waals surface area contributed by atoms with Crippen molar-refractivity contribution in [2.45, 2.75) is 39.0 Å². The fourth-order valence-corrected chi connectivity index (χ4v) is 1.78. The van der Waals surface area contributed by atoms with E-state index in [2.05, 4.69) is 5.32 Å². The van der Waals surface area contributed by atoms with Crippen molar-refractivity contribution in [2.24, 2.45) is 5.92 Å². The number of nitrogens with one attached hydrogen (secondary N) is 3. The lowest BCUT2D eigenvalue weighted by atomic mass is 9.89. The summed E-state index contributed by atoms with van der Waals surface area (Å²) in [5, 5.41) is 14.5. The highest BCUT2D eigenvalue weighted by molar-refractivity contribution is 5.89. The number of urea groups is 1. The summed E-state index contributed by atoms with van der Waals surface area (Å²) in [5.74, 6) is -0.0974. The Hall–Kier alpha value is -2.03. The molecule has 1 aromatic rings. The largest absolute Gasteiger partial charge is 0.417 e. The Bertz CT molecular complexity index is 611. The summed E-state index contributed by atoms with van der Waals surface area (Å²) in [5.41, 5.74) is -3.65. The number of aromatic amines is 1. The lowest BCUT2D eigenvalue weighted by molar-refractivity contribution is -0.137. The number of anilines is 1. The molecule has 4 N–H and O–H groups in total. The van der Waals surface area contributed by atoms with Crippen LogP contribution in [0.5, 0.6) is 0 Å². The van der Waals surface area contributed by atoms with Gasteiger partial charge in [0, 0.05) is 12.7 Å². The fourth-order valence-electron chi connectivity index (χ4n) is 1.78. The van der Waals surface area contributed by atoms with Crippen LogP contribution >= 0.6 is 0 Å². The average molecular weight is 335 g/mol. The van der Waals surface area contributed by atoms with Crippen LogP contribution in [0.2, 0.25) is 0 Å². The van der Waals surface area contributed by atoms with Gasteiger partial charge in [0.2, 0.25) is 0 Å². The van der Waals surface area contributed by atoms with Gasteiger partial charge in [-0.3, -0.25) is 4.79 Å². The fraction of sp³-hybridized carbons (Fsp3) is 0.571. The van der Waals surface area contributed by atoms with E-state index >= 15 is 0 Å². The lowest BCUT2D eigenvalue weighted by Crippen LogP contribution is -2.46. The van der Waals surface area contributed by atoms with Gasteiger partial charge in [-0.05, 0) is 18.9 Å². The molecule has 0 aliphatic carbocycles. The molecule has 2 amide bonds. The van der Waals surface area contributed by atoms with Crippen LogP contribution in [-0.2, 0) is 6.18 Å². The number of pyridine rings is 1. The predicted molar refractivity (Wildman–Crippen MR) is 79.2 cm³/mol. The molecule has 0 fully saturated rings. The van der Waals surface area contributed by atoms with Crippen LogP contribution < -0.4 is 16.2 Å². The maximum absolute atomic E-state index is 12.6. The molecule has 6 nitrogen and oxygen atoms in total. The van der Waals surface area contributed by atoms with E-state index in [9.17, 15) is 27.9 Å². The van der Waals surface area contributed by atoms with Crippen LogP contribution in [0.3, 0.4) is 0 Å². The van der Waals surface area contributed by atoms with E-state index in [0.29, 0.717) is 18.7 Å². The Morgan fingerprint density at radius 3 is 2.57 bits per heavy atom. The van der Waals surface area contributed by atoms with Crippen molar-refractivity contribution in [3.05, 3.63) is 28.2 Å².